The molecule has 0 aliphatic carbocycles. The van der Waals surface area contributed by atoms with Gasteiger partial charge < -0.3 is 0 Å². The van der Waals surface area contributed by atoms with Crippen molar-refractivity contribution in [2.24, 2.45) is 5.92 Å². The van der Waals surface area contributed by atoms with Crippen molar-refractivity contribution in [1.29, 1.82) is 5.26 Å². The van der Waals surface area contributed by atoms with E-state index in [9.17, 15) is 0 Å². The molecule has 0 radical (unpaired) electrons. The monoisotopic (exact) mass is 218 g/mol. The third-order valence-electron chi connectivity index (χ3n) is 2.15. The van der Waals surface area contributed by atoms with Gasteiger partial charge in [-0.1, -0.05) is 13.8 Å². The summed E-state index contributed by atoms with van der Waals surface area (Å²) in [7, 11) is 0. The Morgan fingerprint density at radius 2 is 2.06 bits per heavy atom. The maximum absolute atomic E-state index is 8.61. The lowest BCUT2D eigenvalue weighted by Gasteiger charge is -2.22. The lowest BCUT2D eigenvalue weighted by molar-refractivity contribution is 0.235. The molecule has 0 bridgehead atoms. The van der Waals surface area contributed by atoms with Gasteiger partial charge in [0.25, 0.3) is 0 Å². The van der Waals surface area contributed by atoms with Crippen LogP contribution < -0.4 is 0 Å². The van der Waals surface area contributed by atoms with Gasteiger partial charge >= 0.3 is 0 Å². The van der Waals surface area contributed by atoms with E-state index in [0.717, 1.165) is 25.5 Å². The van der Waals surface area contributed by atoms with Crippen molar-refractivity contribution in [1.82, 2.24) is 14.9 Å². The van der Waals surface area contributed by atoms with E-state index in [4.69, 9.17) is 5.26 Å². The minimum atomic E-state index is 0.555. The summed E-state index contributed by atoms with van der Waals surface area (Å²) >= 11 is 0. The second kappa shape index (κ2) is 6.91. The average molecular weight is 218 g/mol. The number of hydrogen-bond donors (Lipinski definition) is 0. The molecule has 16 heavy (non-hydrogen) atoms. The zero-order valence-electron chi connectivity index (χ0n) is 9.93. The van der Waals surface area contributed by atoms with E-state index in [0.29, 0.717) is 12.3 Å². The fraction of sp³-hybridized carbons (Fsp3) is 0.583. The largest absolute Gasteiger partial charge is 0.295 e. The van der Waals surface area contributed by atoms with Gasteiger partial charge in [-0.15, -0.1) is 0 Å². The van der Waals surface area contributed by atoms with Crippen molar-refractivity contribution < 1.29 is 0 Å². The first kappa shape index (κ1) is 12.6. The molecule has 1 heterocycles. The summed E-state index contributed by atoms with van der Waals surface area (Å²) in [5.41, 5.74) is 0. The number of nitriles is 1. The lowest BCUT2D eigenvalue weighted by Crippen LogP contribution is -2.29. The summed E-state index contributed by atoms with van der Waals surface area (Å²) in [6.45, 7) is 6.82. The summed E-state index contributed by atoms with van der Waals surface area (Å²) in [4.78, 5) is 10.6. The SMILES string of the molecule is CC(C)CN(CCC#N)Cc1ncccn1. The predicted octanol–water partition coefficient (Wildman–Crippen LogP) is 1.85. The Morgan fingerprint density at radius 1 is 1.38 bits per heavy atom. The van der Waals surface area contributed by atoms with Crippen molar-refractivity contribution >= 4 is 0 Å². The summed E-state index contributed by atoms with van der Waals surface area (Å²) in [6, 6.07) is 3.99. The molecule has 0 aromatic carbocycles. The maximum Gasteiger partial charge on any atom is 0.142 e. The Bertz CT molecular complexity index is 329. The molecule has 0 aliphatic rings. The van der Waals surface area contributed by atoms with E-state index in [1.54, 1.807) is 12.4 Å². The maximum atomic E-state index is 8.61. The van der Waals surface area contributed by atoms with Crippen molar-refractivity contribution in [2.45, 2.75) is 26.8 Å². The van der Waals surface area contributed by atoms with E-state index in [1.807, 2.05) is 6.07 Å². The highest BCUT2D eigenvalue weighted by Crippen LogP contribution is 2.04. The van der Waals surface area contributed by atoms with Crippen LogP contribution in [0.2, 0.25) is 0 Å². The van der Waals surface area contributed by atoms with Gasteiger partial charge in [-0.05, 0) is 12.0 Å². The van der Waals surface area contributed by atoms with Crippen LogP contribution in [0.1, 0.15) is 26.1 Å². The van der Waals surface area contributed by atoms with Crippen LogP contribution in [0.25, 0.3) is 0 Å². The molecule has 4 nitrogen and oxygen atoms in total. The minimum Gasteiger partial charge on any atom is -0.295 e. The molecule has 0 spiro atoms. The first-order valence-electron chi connectivity index (χ1n) is 5.57. The normalized spacial score (nSPS) is 10.7. The smallest absolute Gasteiger partial charge is 0.142 e. The first-order chi connectivity index (χ1) is 7.72. The van der Waals surface area contributed by atoms with Gasteiger partial charge in [-0.3, -0.25) is 4.90 Å². The predicted molar refractivity (Wildman–Crippen MR) is 62.4 cm³/mol. The Hall–Kier alpha value is -1.47. The van der Waals surface area contributed by atoms with E-state index in [1.165, 1.54) is 0 Å². The van der Waals surface area contributed by atoms with Gasteiger partial charge in [-0.2, -0.15) is 5.26 Å². The molecule has 0 amide bonds. The number of aromatic nitrogens is 2. The number of nitrogens with zero attached hydrogens (tertiary/aromatic N) is 4. The third-order valence-corrected chi connectivity index (χ3v) is 2.15. The zero-order chi connectivity index (χ0) is 11.8. The molecule has 1 aromatic rings. The van der Waals surface area contributed by atoms with Crippen LogP contribution in [-0.2, 0) is 6.54 Å². The van der Waals surface area contributed by atoms with E-state index >= 15 is 0 Å². The van der Waals surface area contributed by atoms with Crippen LogP contribution in [0.5, 0.6) is 0 Å². The van der Waals surface area contributed by atoms with E-state index in [2.05, 4.69) is 34.8 Å². The molecule has 0 aliphatic heterocycles. The van der Waals surface area contributed by atoms with Gasteiger partial charge in [0.2, 0.25) is 0 Å². The molecule has 0 saturated carbocycles. The Labute approximate surface area is 96.9 Å². The molecule has 4 heteroatoms. The van der Waals surface area contributed by atoms with Crippen molar-refractivity contribution in [3.8, 4) is 6.07 Å². The van der Waals surface area contributed by atoms with Crippen molar-refractivity contribution in [3.63, 3.8) is 0 Å². The highest BCUT2D eigenvalue weighted by Gasteiger charge is 2.09. The van der Waals surface area contributed by atoms with Gasteiger partial charge in [0.15, 0.2) is 0 Å². The molecule has 0 N–H and O–H groups in total. The second-order valence-electron chi connectivity index (χ2n) is 4.20. The Morgan fingerprint density at radius 3 is 2.62 bits per heavy atom. The van der Waals surface area contributed by atoms with Gasteiger partial charge in [-0.25, -0.2) is 9.97 Å². The van der Waals surface area contributed by atoms with Crippen molar-refractivity contribution in [2.75, 3.05) is 13.1 Å². The van der Waals surface area contributed by atoms with Crippen LogP contribution >= 0.6 is 0 Å². The number of hydrogen-bond acceptors (Lipinski definition) is 4. The fourth-order valence-electron chi connectivity index (χ4n) is 1.57. The third kappa shape index (κ3) is 4.85. The molecular weight excluding hydrogens is 200 g/mol. The summed E-state index contributed by atoms with van der Waals surface area (Å²) in [6.07, 6.45) is 4.06. The summed E-state index contributed by atoms with van der Waals surface area (Å²) in [5.74, 6) is 1.41. The van der Waals surface area contributed by atoms with Crippen LogP contribution in [0.4, 0.5) is 0 Å². The number of rotatable bonds is 6. The Kier molecular flexibility index (Phi) is 5.44. The van der Waals surface area contributed by atoms with Crippen molar-refractivity contribution in [3.05, 3.63) is 24.3 Å². The molecule has 0 unspecified atom stereocenters. The molecule has 86 valence electrons. The van der Waals surface area contributed by atoms with E-state index < -0.39 is 0 Å². The zero-order valence-corrected chi connectivity index (χ0v) is 9.93. The summed E-state index contributed by atoms with van der Waals surface area (Å²) in [5, 5.41) is 8.61. The van der Waals surface area contributed by atoms with Crippen LogP contribution in [-0.4, -0.2) is 28.0 Å². The molecule has 1 aromatic heterocycles. The Balaban J connectivity index is 2.53. The lowest BCUT2D eigenvalue weighted by atomic mass is 10.2. The van der Waals surface area contributed by atoms with Gasteiger partial charge in [0.05, 0.1) is 12.6 Å². The van der Waals surface area contributed by atoms with E-state index in [-0.39, 0.29) is 0 Å². The topological polar surface area (TPSA) is 52.8 Å². The highest BCUT2D eigenvalue weighted by atomic mass is 15.1. The first-order valence-corrected chi connectivity index (χ1v) is 5.57. The average Bonchev–Trinajstić information content (AvgIpc) is 2.26. The van der Waals surface area contributed by atoms with Crippen LogP contribution in [0.15, 0.2) is 18.5 Å². The van der Waals surface area contributed by atoms with Gasteiger partial charge in [0, 0.05) is 31.9 Å². The molecular formula is C12H18N4. The molecule has 0 fully saturated rings. The standard InChI is InChI=1S/C12H18N4/c1-11(2)9-16(8-3-5-13)10-12-14-6-4-7-15-12/h4,6-7,11H,3,8-10H2,1-2H3. The quantitative estimate of drug-likeness (QED) is 0.731. The molecule has 0 saturated heterocycles. The summed E-state index contributed by atoms with van der Waals surface area (Å²) < 4.78 is 0. The minimum absolute atomic E-state index is 0.555. The molecule has 0 atom stereocenters. The van der Waals surface area contributed by atoms with Gasteiger partial charge in [0.1, 0.15) is 5.82 Å². The van der Waals surface area contributed by atoms with Crippen LogP contribution in [0, 0.1) is 17.2 Å². The van der Waals surface area contributed by atoms with Crippen LogP contribution in [0.3, 0.4) is 0 Å². The fourth-order valence-corrected chi connectivity index (χ4v) is 1.57. The molecule has 1 rings (SSSR count). The second-order valence-corrected chi connectivity index (χ2v) is 4.20. The highest BCUT2D eigenvalue weighted by molar-refractivity contribution is 4.89.